The van der Waals surface area contributed by atoms with Gasteiger partial charge >= 0.3 is 5.97 Å². The van der Waals surface area contributed by atoms with Crippen molar-refractivity contribution >= 4 is 22.6 Å². The van der Waals surface area contributed by atoms with E-state index in [4.69, 9.17) is 5.11 Å². The summed E-state index contributed by atoms with van der Waals surface area (Å²) in [4.78, 5) is 11.6. The molecule has 0 aliphatic carbocycles. The number of nitrogens with zero attached hydrogens (tertiary/aromatic N) is 1. The summed E-state index contributed by atoms with van der Waals surface area (Å²) in [6.45, 7) is 14.3. The second-order valence-electron chi connectivity index (χ2n) is 7.74. The maximum atomic E-state index is 13.8. The van der Waals surface area contributed by atoms with E-state index in [0.717, 1.165) is 38.4 Å². The Labute approximate surface area is 213 Å². The van der Waals surface area contributed by atoms with Crippen LogP contribution in [-0.4, -0.2) is 20.4 Å². The first kappa shape index (κ1) is 29.9. The number of phenolic OH excluding ortho intramolecular Hbond substituents is 1. The van der Waals surface area contributed by atoms with Crippen molar-refractivity contribution in [2.75, 3.05) is 4.31 Å². The molecule has 0 heterocycles. The molecule has 0 spiro atoms. The minimum atomic E-state index is -1.47. The van der Waals surface area contributed by atoms with Gasteiger partial charge in [-0.2, -0.15) is 0 Å². The molecule has 0 saturated carbocycles. The molecule has 0 aliphatic heterocycles. The summed E-state index contributed by atoms with van der Waals surface area (Å²) < 4.78 is 15.6. The van der Waals surface area contributed by atoms with Crippen LogP contribution in [0.2, 0.25) is 0 Å². The maximum Gasteiger partial charge on any atom is 0.303 e. The fourth-order valence-corrected chi connectivity index (χ4v) is 5.17. The van der Waals surface area contributed by atoms with Crippen LogP contribution in [0, 0.1) is 20.8 Å². The molecule has 0 bridgehead atoms. The predicted molar refractivity (Wildman–Crippen MR) is 146 cm³/mol. The average molecular weight is 498 g/mol. The molecule has 0 fully saturated rings. The summed E-state index contributed by atoms with van der Waals surface area (Å²) >= 11 is 0. The largest absolute Gasteiger partial charge is 0.508 e. The molecule has 0 aromatic heterocycles. The number of benzene rings is 3. The van der Waals surface area contributed by atoms with Crippen molar-refractivity contribution in [3.8, 4) is 5.75 Å². The van der Waals surface area contributed by atoms with E-state index in [-0.39, 0.29) is 12.2 Å². The number of carboxylic acid groups (broad SMARTS) is 1. The first-order valence-corrected chi connectivity index (χ1v) is 13.2. The zero-order chi connectivity index (χ0) is 26.5. The van der Waals surface area contributed by atoms with Crippen LogP contribution < -0.4 is 4.31 Å². The number of phenols is 1. The maximum absolute atomic E-state index is 13.8. The van der Waals surface area contributed by atoms with Gasteiger partial charge in [0.2, 0.25) is 0 Å². The van der Waals surface area contributed by atoms with Crippen LogP contribution in [0.15, 0.2) is 65.6 Å². The van der Waals surface area contributed by atoms with Crippen molar-refractivity contribution in [3.63, 3.8) is 0 Å². The summed E-state index contributed by atoms with van der Waals surface area (Å²) in [5.41, 5.74) is 5.57. The van der Waals surface area contributed by atoms with Gasteiger partial charge in [0.15, 0.2) is 11.0 Å². The number of hydrogen-bond donors (Lipinski definition) is 2. The molecular formula is C29H39NO4S. The molecule has 1 unspecified atom stereocenters. The number of hydrogen-bond acceptors (Lipinski definition) is 3. The van der Waals surface area contributed by atoms with Gasteiger partial charge in [-0.15, -0.1) is 0 Å². The van der Waals surface area contributed by atoms with E-state index in [1.54, 1.807) is 22.5 Å². The summed E-state index contributed by atoms with van der Waals surface area (Å²) in [5.74, 6) is -0.670. The second-order valence-corrected chi connectivity index (χ2v) is 9.09. The lowest BCUT2D eigenvalue weighted by molar-refractivity contribution is -0.136. The zero-order valence-corrected chi connectivity index (χ0v) is 22.8. The smallest absolute Gasteiger partial charge is 0.303 e. The molecule has 0 aliphatic rings. The third kappa shape index (κ3) is 8.87. The fourth-order valence-electron chi connectivity index (χ4n) is 3.70. The van der Waals surface area contributed by atoms with Gasteiger partial charge in [-0.3, -0.25) is 9.10 Å². The molecule has 0 amide bonds. The fraction of sp³-hybridized carbons (Fsp3) is 0.345. The van der Waals surface area contributed by atoms with Gasteiger partial charge in [0.05, 0.1) is 11.4 Å². The van der Waals surface area contributed by atoms with Gasteiger partial charge in [-0.25, -0.2) is 4.21 Å². The Morgan fingerprint density at radius 2 is 1.43 bits per heavy atom. The third-order valence-corrected chi connectivity index (χ3v) is 6.80. The standard InChI is InChI=1S/C25H27NO4S.2C2H6/c1-17-13-18(2)25(19(3)14-17)31(30)26(16-21-5-4-6-23(27)15-21)22-10-7-20(8-11-22)9-12-24(28)29;2*1-2/h4-8,10-11,13-15,27H,9,12,16H2,1-3H3,(H,28,29);2*1-2H3. The van der Waals surface area contributed by atoms with Gasteiger partial charge in [0, 0.05) is 12.1 Å². The topological polar surface area (TPSA) is 77.8 Å². The SMILES string of the molecule is CC.CC.Cc1cc(C)c(S(=O)N(Cc2cccc(O)c2)c2ccc(CCC(=O)O)cc2)c(C)c1. The van der Waals surface area contributed by atoms with Crippen molar-refractivity contribution in [1.82, 2.24) is 0 Å². The lowest BCUT2D eigenvalue weighted by atomic mass is 10.1. The van der Waals surface area contributed by atoms with E-state index >= 15 is 0 Å². The van der Waals surface area contributed by atoms with Gasteiger partial charge in [-0.1, -0.05) is 69.7 Å². The van der Waals surface area contributed by atoms with Crippen LogP contribution in [-0.2, 0) is 28.7 Å². The molecule has 3 aromatic rings. The highest BCUT2D eigenvalue weighted by molar-refractivity contribution is 7.86. The molecule has 35 heavy (non-hydrogen) atoms. The number of carboxylic acids is 1. The molecule has 5 nitrogen and oxygen atoms in total. The van der Waals surface area contributed by atoms with Crippen LogP contribution >= 0.6 is 0 Å². The van der Waals surface area contributed by atoms with Gasteiger partial charge in [-0.05, 0) is 73.7 Å². The summed E-state index contributed by atoms with van der Waals surface area (Å²) in [5, 5.41) is 18.8. The number of aryl methyl sites for hydroxylation is 4. The molecule has 3 rings (SSSR count). The molecule has 3 aromatic carbocycles. The monoisotopic (exact) mass is 497 g/mol. The Kier molecular flexibility index (Phi) is 12.8. The van der Waals surface area contributed by atoms with Crippen LogP contribution in [0.1, 0.15) is 61.9 Å². The van der Waals surface area contributed by atoms with Crippen LogP contribution in [0.4, 0.5) is 5.69 Å². The van der Waals surface area contributed by atoms with Gasteiger partial charge in [0.25, 0.3) is 0 Å². The molecule has 1 atom stereocenters. The lowest BCUT2D eigenvalue weighted by Crippen LogP contribution is -2.26. The van der Waals surface area contributed by atoms with Crippen molar-refractivity contribution in [3.05, 3.63) is 88.5 Å². The highest BCUT2D eigenvalue weighted by Gasteiger charge is 2.21. The number of rotatable bonds is 8. The van der Waals surface area contributed by atoms with E-state index in [2.05, 4.69) is 0 Å². The molecule has 6 heteroatoms. The quantitative estimate of drug-likeness (QED) is 0.347. The Morgan fingerprint density at radius 1 is 0.857 bits per heavy atom. The van der Waals surface area contributed by atoms with E-state index in [0.29, 0.717) is 13.0 Å². The Balaban J connectivity index is 0.00000145. The van der Waals surface area contributed by atoms with E-state index in [1.807, 2.05) is 90.9 Å². The van der Waals surface area contributed by atoms with Gasteiger partial charge in [0.1, 0.15) is 5.75 Å². The van der Waals surface area contributed by atoms with Crippen LogP contribution in [0.5, 0.6) is 5.75 Å². The van der Waals surface area contributed by atoms with E-state index < -0.39 is 17.0 Å². The first-order chi connectivity index (χ1) is 16.7. The Hall–Kier alpha value is -3.12. The Bertz CT molecular complexity index is 1090. The Morgan fingerprint density at radius 3 is 1.94 bits per heavy atom. The normalized spacial score (nSPS) is 10.8. The minimum Gasteiger partial charge on any atom is -0.508 e. The summed E-state index contributed by atoms with van der Waals surface area (Å²) in [7, 11) is -1.47. The van der Waals surface area contributed by atoms with Crippen molar-refractivity contribution in [2.24, 2.45) is 0 Å². The van der Waals surface area contributed by atoms with Gasteiger partial charge < -0.3 is 10.2 Å². The van der Waals surface area contributed by atoms with Crippen molar-refractivity contribution in [1.29, 1.82) is 0 Å². The number of carbonyl (C=O) groups is 1. The minimum absolute atomic E-state index is 0.0695. The highest BCUT2D eigenvalue weighted by Crippen LogP contribution is 2.29. The summed E-state index contributed by atoms with van der Waals surface area (Å²) in [6.07, 6.45) is 0.515. The molecule has 0 radical (unpaired) electrons. The second kappa shape index (κ2) is 15.0. The summed E-state index contributed by atoms with van der Waals surface area (Å²) in [6, 6.07) is 18.5. The van der Waals surface area contributed by atoms with Crippen molar-refractivity contribution in [2.45, 2.75) is 72.7 Å². The molecule has 0 saturated heterocycles. The van der Waals surface area contributed by atoms with Crippen molar-refractivity contribution < 1.29 is 19.2 Å². The predicted octanol–water partition coefficient (Wildman–Crippen LogP) is 7.12. The number of anilines is 1. The third-order valence-electron chi connectivity index (χ3n) is 5.07. The molecular weight excluding hydrogens is 458 g/mol. The molecule has 190 valence electrons. The van der Waals surface area contributed by atoms with E-state index in [9.17, 15) is 14.1 Å². The first-order valence-electron chi connectivity index (χ1n) is 12.1. The number of aliphatic carboxylic acids is 1. The average Bonchev–Trinajstić information content (AvgIpc) is 2.83. The lowest BCUT2D eigenvalue weighted by Gasteiger charge is -2.26. The number of aromatic hydroxyl groups is 1. The van der Waals surface area contributed by atoms with Crippen LogP contribution in [0.3, 0.4) is 0 Å². The van der Waals surface area contributed by atoms with Crippen LogP contribution in [0.25, 0.3) is 0 Å². The molecule has 2 N–H and O–H groups in total. The van der Waals surface area contributed by atoms with E-state index in [1.165, 1.54) is 0 Å². The zero-order valence-electron chi connectivity index (χ0n) is 22.0. The highest BCUT2D eigenvalue weighted by atomic mass is 32.2.